The molecule has 0 amide bonds. The van der Waals surface area contributed by atoms with Gasteiger partial charge in [-0.3, -0.25) is 4.72 Å². The standard InChI is InChI=1S/C9H5Cl2FN2O2S2/c10-6-2-1-5(12)3-7(6)14-18(15,16)8-4-13-9(11)17-8/h1-4,14H. The van der Waals surface area contributed by atoms with Crippen molar-refractivity contribution in [2.45, 2.75) is 4.21 Å². The maximum Gasteiger partial charge on any atom is 0.273 e. The summed E-state index contributed by atoms with van der Waals surface area (Å²) in [5.74, 6) is -0.598. The summed E-state index contributed by atoms with van der Waals surface area (Å²) in [7, 11) is -3.86. The average molecular weight is 327 g/mol. The first kappa shape index (κ1) is 13.5. The molecule has 0 atom stereocenters. The van der Waals surface area contributed by atoms with Gasteiger partial charge in [0.15, 0.2) is 8.68 Å². The molecule has 1 aromatic carbocycles. The Bertz CT molecular complexity index is 688. The molecule has 9 heteroatoms. The molecule has 18 heavy (non-hydrogen) atoms. The van der Waals surface area contributed by atoms with E-state index < -0.39 is 15.8 Å². The van der Waals surface area contributed by atoms with Crippen LogP contribution in [0.4, 0.5) is 10.1 Å². The Balaban J connectivity index is 2.36. The Labute approximate surface area is 116 Å². The van der Waals surface area contributed by atoms with E-state index in [4.69, 9.17) is 23.2 Å². The van der Waals surface area contributed by atoms with Gasteiger partial charge in [0.1, 0.15) is 5.82 Å². The third-order valence-electron chi connectivity index (χ3n) is 1.89. The molecule has 0 unspecified atom stereocenters. The second-order valence-electron chi connectivity index (χ2n) is 3.16. The lowest BCUT2D eigenvalue weighted by molar-refractivity contribution is 0.603. The Kier molecular flexibility index (Phi) is 3.76. The van der Waals surface area contributed by atoms with Crippen LogP contribution in [0, 0.1) is 5.82 Å². The quantitative estimate of drug-likeness (QED) is 0.940. The Hall–Kier alpha value is -0.890. The highest BCUT2D eigenvalue weighted by molar-refractivity contribution is 7.94. The molecule has 0 saturated carbocycles. The van der Waals surface area contributed by atoms with Crippen LogP contribution in [0.1, 0.15) is 0 Å². The number of rotatable bonds is 3. The van der Waals surface area contributed by atoms with Gasteiger partial charge in [0, 0.05) is 0 Å². The molecule has 2 rings (SSSR count). The Morgan fingerprint density at radius 1 is 1.33 bits per heavy atom. The molecule has 1 aromatic heterocycles. The fourth-order valence-corrected chi connectivity index (χ4v) is 3.72. The van der Waals surface area contributed by atoms with E-state index in [1.165, 1.54) is 6.07 Å². The van der Waals surface area contributed by atoms with Crippen molar-refractivity contribution in [3.05, 3.63) is 39.7 Å². The second-order valence-corrected chi connectivity index (χ2v) is 7.09. The van der Waals surface area contributed by atoms with Crippen molar-refractivity contribution in [2.24, 2.45) is 0 Å². The summed E-state index contributed by atoms with van der Waals surface area (Å²) in [6.07, 6.45) is 1.11. The lowest BCUT2D eigenvalue weighted by Crippen LogP contribution is -2.12. The molecule has 1 N–H and O–H groups in total. The summed E-state index contributed by atoms with van der Waals surface area (Å²) in [4.78, 5) is 3.62. The highest BCUT2D eigenvalue weighted by Crippen LogP contribution is 2.28. The van der Waals surface area contributed by atoms with Gasteiger partial charge in [-0.05, 0) is 18.2 Å². The number of aromatic nitrogens is 1. The van der Waals surface area contributed by atoms with Gasteiger partial charge >= 0.3 is 0 Å². The topological polar surface area (TPSA) is 59.1 Å². The molecular formula is C9H5Cl2FN2O2S2. The van der Waals surface area contributed by atoms with E-state index in [-0.39, 0.29) is 19.4 Å². The maximum absolute atomic E-state index is 13.0. The number of nitrogens with zero attached hydrogens (tertiary/aromatic N) is 1. The SMILES string of the molecule is O=S(=O)(Nc1cc(F)ccc1Cl)c1cnc(Cl)s1. The van der Waals surface area contributed by atoms with Gasteiger partial charge in [-0.25, -0.2) is 17.8 Å². The van der Waals surface area contributed by atoms with Crippen molar-refractivity contribution < 1.29 is 12.8 Å². The van der Waals surface area contributed by atoms with Crippen LogP contribution < -0.4 is 4.72 Å². The Morgan fingerprint density at radius 3 is 2.67 bits per heavy atom. The molecular weight excluding hydrogens is 322 g/mol. The molecule has 4 nitrogen and oxygen atoms in total. The van der Waals surface area contributed by atoms with Crippen LogP contribution in [-0.4, -0.2) is 13.4 Å². The smallest absolute Gasteiger partial charge is 0.273 e. The number of halogens is 3. The van der Waals surface area contributed by atoms with Crippen molar-refractivity contribution in [1.29, 1.82) is 0 Å². The van der Waals surface area contributed by atoms with Gasteiger partial charge in [-0.15, -0.1) is 0 Å². The van der Waals surface area contributed by atoms with Crippen molar-refractivity contribution in [3.8, 4) is 0 Å². The first-order valence-electron chi connectivity index (χ1n) is 4.48. The van der Waals surface area contributed by atoms with E-state index in [2.05, 4.69) is 9.71 Å². The molecule has 0 fully saturated rings. The van der Waals surface area contributed by atoms with E-state index in [1.807, 2.05) is 0 Å². The number of thiazole rings is 1. The summed E-state index contributed by atoms with van der Waals surface area (Å²) >= 11 is 12.1. The third kappa shape index (κ3) is 2.92. The van der Waals surface area contributed by atoms with Crippen LogP contribution in [0.2, 0.25) is 9.49 Å². The summed E-state index contributed by atoms with van der Waals surface area (Å²) in [5, 5.41) is 0.0931. The molecule has 0 spiro atoms. The molecule has 1 heterocycles. The van der Waals surface area contributed by atoms with Crippen molar-refractivity contribution in [3.63, 3.8) is 0 Å². The third-order valence-corrected chi connectivity index (χ3v) is 5.16. The molecule has 0 aliphatic rings. The molecule has 0 aliphatic carbocycles. The van der Waals surface area contributed by atoms with Crippen LogP contribution in [0.25, 0.3) is 0 Å². The second kappa shape index (κ2) is 5.00. The molecule has 0 radical (unpaired) electrons. The number of hydrogen-bond acceptors (Lipinski definition) is 4. The van der Waals surface area contributed by atoms with E-state index in [0.29, 0.717) is 0 Å². The number of hydrogen-bond donors (Lipinski definition) is 1. The van der Waals surface area contributed by atoms with Crippen LogP contribution >= 0.6 is 34.5 Å². The molecule has 0 saturated heterocycles. The highest BCUT2D eigenvalue weighted by atomic mass is 35.5. The zero-order valence-electron chi connectivity index (χ0n) is 8.52. The number of nitrogens with one attached hydrogen (secondary N) is 1. The van der Waals surface area contributed by atoms with Crippen LogP contribution in [0.5, 0.6) is 0 Å². The minimum absolute atomic E-state index is 0.0406. The van der Waals surface area contributed by atoms with Gasteiger partial charge < -0.3 is 0 Å². The number of sulfonamides is 1. The zero-order valence-corrected chi connectivity index (χ0v) is 11.7. The number of anilines is 1. The molecule has 0 aliphatic heterocycles. The molecule has 0 bridgehead atoms. The van der Waals surface area contributed by atoms with E-state index in [0.717, 1.165) is 29.7 Å². The summed E-state index contributed by atoms with van der Waals surface area (Å²) < 4.78 is 39.0. The maximum atomic E-state index is 13.0. The summed E-state index contributed by atoms with van der Waals surface area (Å²) in [6.45, 7) is 0. The van der Waals surface area contributed by atoms with Gasteiger partial charge in [-0.1, -0.05) is 34.5 Å². The first-order valence-corrected chi connectivity index (χ1v) is 7.53. The normalized spacial score (nSPS) is 11.5. The highest BCUT2D eigenvalue weighted by Gasteiger charge is 2.19. The largest absolute Gasteiger partial charge is 0.277 e. The van der Waals surface area contributed by atoms with Crippen molar-refractivity contribution in [1.82, 2.24) is 4.98 Å². The van der Waals surface area contributed by atoms with Gasteiger partial charge in [0.2, 0.25) is 0 Å². The monoisotopic (exact) mass is 326 g/mol. The van der Waals surface area contributed by atoms with Gasteiger partial charge in [-0.2, -0.15) is 0 Å². The molecule has 96 valence electrons. The predicted molar refractivity (Wildman–Crippen MR) is 69.3 cm³/mol. The lowest BCUT2D eigenvalue weighted by atomic mass is 10.3. The summed E-state index contributed by atoms with van der Waals surface area (Å²) in [5.41, 5.74) is -0.0406. The fraction of sp³-hybridized carbons (Fsp3) is 0. The summed E-state index contributed by atoms with van der Waals surface area (Å²) in [6, 6.07) is 3.38. The minimum Gasteiger partial charge on any atom is -0.277 e. The molecule has 2 aromatic rings. The van der Waals surface area contributed by atoms with Crippen LogP contribution in [0.3, 0.4) is 0 Å². The van der Waals surface area contributed by atoms with Crippen LogP contribution in [0.15, 0.2) is 28.6 Å². The van der Waals surface area contributed by atoms with Crippen LogP contribution in [-0.2, 0) is 10.0 Å². The van der Waals surface area contributed by atoms with Gasteiger partial charge in [0.05, 0.1) is 16.9 Å². The lowest BCUT2D eigenvalue weighted by Gasteiger charge is -2.07. The first-order chi connectivity index (χ1) is 8.38. The number of benzene rings is 1. The average Bonchev–Trinajstić information content (AvgIpc) is 2.71. The fourth-order valence-electron chi connectivity index (χ4n) is 1.13. The Morgan fingerprint density at radius 2 is 2.06 bits per heavy atom. The van der Waals surface area contributed by atoms with Crippen molar-refractivity contribution >= 4 is 50.2 Å². The minimum atomic E-state index is -3.86. The predicted octanol–water partition coefficient (Wildman–Crippen LogP) is 3.39. The van der Waals surface area contributed by atoms with E-state index >= 15 is 0 Å². The van der Waals surface area contributed by atoms with E-state index in [9.17, 15) is 12.8 Å². The van der Waals surface area contributed by atoms with E-state index in [1.54, 1.807) is 0 Å². The van der Waals surface area contributed by atoms with Gasteiger partial charge in [0.25, 0.3) is 10.0 Å². The zero-order chi connectivity index (χ0) is 13.3. The van der Waals surface area contributed by atoms with Crippen molar-refractivity contribution in [2.75, 3.05) is 4.72 Å².